The van der Waals surface area contributed by atoms with Crippen LogP contribution < -0.4 is 4.74 Å². The van der Waals surface area contributed by atoms with E-state index in [0.717, 1.165) is 5.75 Å². The first-order valence-corrected chi connectivity index (χ1v) is 11.5. The number of methoxy groups -OCH3 is 1. The Morgan fingerprint density at radius 3 is 1.95 bits per heavy atom. The summed E-state index contributed by atoms with van der Waals surface area (Å²) in [5, 5.41) is 0.305. The molecule has 0 unspecified atom stereocenters. The first kappa shape index (κ1) is 17.5. The summed E-state index contributed by atoms with van der Waals surface area (Å²) in [5.74, 6) is 1.63. The molecule has 22 heavy (non-hydrogen) atoms. The first-order valence-electron chi connectivity index (χ1n) is 8.55. The predicted molar refractivity (Wildman–Crippen MR) is 96.3 cm³/mol. The molecule has 0 spiro atoms. The van der Waals surface area contributed by atoms with E-state index in [4.69, 9.17) is 9.16 Å². The second-order valence-electron chi connectivity index (χ2n) is 8.12. The summed E-state index contributed by atoms with van der Waals surface area (Å²) in [7, 11) is 0.0981. The SMILES string of the molecule is COc1ccc(C2CCC(O[Si](C)(C)C(C)(C)C)CC2)cc1. The lowest BCUT2D eigenvalue weighted by atomic mass is 9.83. The normalized spacial score (nSPS) is 23.4. The maximum atomic E-state index is 6.58. The Kier molecular flexibility index (Phi) is 5.39. The Morgan fingerprint density at radius 2 is 1.50 bits per heavy atom. The molecule has 124 valence electrons. The van der Waals surface area contributed by atoms with Gasteiger partial charge in [0, 0.05) is 6.10 Å². The van der Waals surface area contributed by atoms with Crippen LogP contribution in [0.1, 0.15) is 57.9 Å². The zero-order valence-corrected chi connectivity index (χ0v) is 16.1. The van der Waals surface area contributed by atoms with Crippen LogP contribution in [0.5, 0.6) is 5.75 Å². The van der Waals surface area contributed by atoms with E-state index >= 15 is 0 Å². The Balaban J connectivity index is 1.90. The second kappa shape index (κ2) is 6.75. The third kappa shape index (κ3) is 4.14. The molecule has 0 atom stereocenters. The molecule has 1 saturated carbocycles. The standard InChI is InChI=1S/C19H32O2Si/c1-19(2,3)22(5,6)21-18-13-9-16(10-14-18)15-7-11-17(20-4)12-8-15/h7-8,11-12,16,18H,9-10,13-14H2,1-6H3. The maximum Gasteiger partial charge on any atom is 0.192 e. The van der Waals surface area contributed by atoms with Crippen LogP contribution in [0.25, 0.3) is 0 Å². The molecule has 2 nitrogen and oxygen atoms in total. The van der Waals surface area contributed by atoms with E-state index in [0.29, 0.717) is 17.1 Å². The quantitative estimate of drug-likeness (QED) is 0.658. The largest absolute Gasteiger partial charge is 0.497 e. The van der Waals surface area contributed by atoms with Gasteiger partial charge >= 0.3 is 0 Å². The van der Waals surface area contributed by atoms with Crippen LogP contribution in [0.3, 0.4) is 0 Å². The zero-order valence-electron chi connectivity index (χ0n) is 15.1. The summed E-state index contributed by atoms with van der Waals surface area (Å²) >= 11 is 0. The van der Waals surface area contributed by atoms with Crippen LogP contribution in [-0.4, -0.2) is 21.5 Å². The van der Waals surface area contributed by atoms with Gasteiger partial charge in [-0.1, -0.05) is 32.9 Å². The minimum absolute atomic E-state index is 0.305. The van der Waals surface area contributed by atoms with Crippen molar-refractivity contribution in [3.05, 3.63) is 29.8 Å². The minimum Gasteiger partial charge on any atom is -0.497 e. The molecule has 2 rings (SSSR count). The van der Waals surface area contributed by atoms with Crippen LogP contribution in [0, 0.1) is 0 Å². The monoisotopic (exact) mass is 320 g/mol. The Labute approximate surface area is 137 Å². The Hall–Kier alpha value is -0.803. The lowest BCUT2D eigenvalue weighted by Gasteiger charge is -2.41. The van der Waals surface area contributed by atoms with Gasteiger partial charge < -0.3 is 9.16 Å². The Bertz CT molecular complexity index is 465. The average Bonchev–Trinajstić information content (AvgIpc) is 2.47. The highest BCUT2D eigenvalue weighted by atomic mass is 28.4. The first-order chi connectivity index (χ1) is 10.2. The molecule has 0 bridgehead atoms. The molecule has 0 aromatic heterocycles. The maximum absolute atomic E-state index is 6.58. The van der Waals surface area contributed by atoms with Crippen molar-refractivity contribution in [1.82, 2.24) is 0 Å². The van der Waals surface area contributed by atoms with E-state index in [1.165, 1.54) is 31.2 Å². The summed E-state index contributed by atoms with van der Waals surface area (Å²) in [6, 6.07) is 8.60. The van der Waals surface area contributed by atoms with Crippen LogP contribution in [0.15, 0.2) is 24.3 Å². The van der Waals surface area contributed by atoms with Gasteiger partial charge in [0.2, 0.25) is 0 Å². The van der Waals surface area contributed by atoms with Gasteiger partial charge in [0.05, 0.1) is 7.11 Å². The highest BCUT2D eigenvalue weighted by molar-refractivity contribution is 6.74. The van der Waals surface area contributed by atoms with Crippen molar-refractivity contribution in [3.63, 3.8) is 0 Å². The van der Waals surface area contributed by atoms with Crippen LogP contribution in [0.2, 0.25) is 18.1 Å². The molecular formula is C19H32O2Si. The minimum atomic E-state index is -1.62. The number of hydrogen-bond acceptors (Lipinski definition) is 2. The predicted octanol–water partition coefficient (Wildman–Crippen LogP) is 5.74. The van der Waals surface area contributed by atoms with Crippen molar-refractivity contribution >= 4 is 8.32 Å². The van der Waals surface area contributed by atoms with Gasteiger partial charge in [-0.3, -0.25) is 0 Å². The smallest absolute Gasteiger partial charge is 0.192 e. The van der Waals surface area contributed by atoms with E-state index in [1.807, 2.05) is 0 Å². The molecule has 0 saturated heterocycles. The lowest BCUT2D eigenvalue weighted by Crippen LogP contribution is -2.44. The molecule has 0 radical (unpaired) electrons. The molecule has 0 N–H and O–H groups in total. The molecule has 0 heterocycles. The van der Waals surface area contributed by atoms with Gasteiger partial charge in [-0.2, -0.15) is 0 Å². The molecular weight excluding hydrogens is 288 g/mol. The Morgan fingerprint density at radius 1 is 0.955 bits per heavy atom. The molecule has 0 amide bonds. The van der Waals surface area contributed by atoms with Gasteiger partial charge in [-0.15, -0.1) is 0 Å². The van der Waals surface area contributed by atoms with E-state index < -0.39 is 8.32 Å². The van der Waals surface area contributed by atoms with E-state index in [1.54, 1.807) is 7.11 Å². The lowest BCUT2D eigenvalue weighted by molar-refractivity contribution is 0.130. The van der Waals surface area contributed by atoms with Crippen molar-refractivity contribution < 1.29 is 9.16 Å². The van der Waals surface area contributed by atoms with Gasteiger partial charge in [0.1, 0.15) is 5.75 Å². The average molecular weight is 321 g/mol. The molecule has 1 fully saturated rings. The van der Waals surface area contributed by atoms with Gasteiger partial charge in [0.15, 0.2) is 8.32 Å². The molecule has 3 heteroatoms. The number of benzene rings is 1. The molecule has 1 aromatic rings. The fraction of sp³-hybridized carbons (Fsp3) is 0.684. The van der Waals surface area contributed by atoms with Gasteiger partial charge in [-0.05, 0) is 67.4 Å². The molecule has 1 aromatic carbocycles. The van der Waals surface area contributed by atoms with E-state index in [2.05, 4.69) is 58.1 Å². The topological polar surface area (TPSA) is 18.5 Å². The molecule has 0 aliphatic heterocycles. The summed E-state index contributed by atoms with van der Waals surface area (Å²) in [6.07, 6.45) is 5.35. The van der Waals surface area contributed by atoms with Crippen molar-refractivity contribution in [2.45, 2.75) is 76.6 Å². The highest BCUT2D eigenvalue weighted by Crippen LogP contribution is 2.41. The summed E-state index contributed by atoms with van der Waals surface area (Å²) < 4.78 is 11.8. The second-order valence-corrected chi connectivity index (χ2v) is 12.9. The number of rotatable bonds is 4. The molecule has 1 aliphatic carbocycles. The van der Waals surface area contributed by atoms with Crippen LogP contribution >= 0.6 is 0 Å². The fourth-order valence-corrected chi connectivity index (χ4v) is 4.41. The molecule has 1 aliphatic rings. The van der Waals surface area contributed by atoms with Crippen molar-refractivity contribution in [3.8, 4) is 5.75 Å². The van der Waals surface area contributed by atoms with Crippen molar-refractivity contribution in [2.75, 3.05) is 7.11 Å². The third-order valence-electron chi connectivity index (χ3n) is 5.53. The fourth-order valence-electron chi connectivity index (χ4n) is 2.98. The van der Waals surface area contributed by atoms with Gasteiger partial charge in [-0.25, -0.2) is 0 Å². The number of ether oxygens (including phenoxy) is 1. The summed E-state index contributed by atoms with van der Waals surface area (Å²) in [5.41, 5.74) is 1.45. The highest BCUT2D eigenvalue weighted by Gasteiger charge is 2.39. The summed E-state index contributed by atoms with van der Waals surface area (Å²) in [4.78, 5) is 0. The number of hydrogen-bond donors (Lipinski definition) is 0. The van der Waals surface area contributed by atoms with Gasteiger partial charge in [0.25, 0.3) is 0 Å². The third-order valence-corrected chi connectivity index (χ3v) is 10.1. The summed E-state index contributed by atoms with van der Waals surface area (Å²) in [6.45, 7) is 11.7. The van der Waals surface area contributed by atoms with Crippen molar-refractivity contribution in [2.24, 2.45) is 0 Å². The van der Waals surface area contributed by atoms with Crippen LogP contribution in [-0.2, 0) is 4.43 Å². The van der Waals surface area contributed by atoms with E-state index in [9.17, 15) is 0 Å². The van der Waals surface area contributed by atoms with Crippen LogP contribution in [0.4, 0.5) is 0 Å². The van der Waals surface area contributed by atoms with E-state index in [-0.39, 0.29) is 0 Å². The zero-order chi connectivity index (χ0) is 16.4. The van der Waals surface area contributed by atoms with Crippen molar-refractivity contribution in [1.29, 1.82) is 0 Å².